The molecule has 2 amide bonds. The number of aromatic nitrogens is 2. The average molecular weight is 343 g/mol. The molecule has 0 unspecified atom stereocenters. The number of hydrogen-bond acceptors (Lipinski definition) is 4. The number of benzene rings is 1. The van der Waals surface area contributed by atoms with Crippen molar-refractivity contribution in [1.29, 1.82) is 0 Å². The number of anilines is 2. The SMILES string of the molecule is COCCn1ccc(NC(=O)N2CCC[C@@H](Nc3ccccc3)C2)n1. The number of piperidine rings is 1. The second-order valence-corrected chi connectivity index (χ2v) is 6.18. The van der Waals surface area contributed by atoms with Crippen molar-refractivity contribution in [2.45, 2.75) is 25.4 Å². The van der Waals surface area contributed by atoms with E-state index in [1.165, 1.54) is 0 Å². The monoisotopic (exact) mass is 343 g/mol. The van der Waals surface area contributed by atoms with Gasteiger partial charge in [0.05, 0.1) is 13.2 Å². The Hall–Kier alpha value is -2.54. The number of nitrogens with zero attached hydrogens (tertiary/aromatic N) is 3. The molecule has 2 heterocycles. The van der Waals surface area contributed by atoms with Crippen LogP contribution < -0.4 is 10.6 Å². The van der Waals surface area contributed by atoms with Crippen LogP contribution in [-0.4, -0.2) is 53.6 Å². The Kier molecular flexibility index (Phi) is 5.90. The highest BCUT2D eigenvalue weighted by Crippen LogP contribution is 2.17. The molecule has 134 valence electrons. The fourth-order valence-corrected chi connectivity index (χ4v) is 2.98. The van der Waals surface area contributed by atoms with Gasteiger partial charge in [0.1, 0.15) is 0 Å². The Bertz CT molecular complexity index is 673. The standard InChI is InChI=1S/C18H25N5O2/c1-25-13-12-23-11-9-17(21-23)20-18(24)22-10-5-8-16(14-22)19-15-6-3-2-4-7-15/h2-4,6-7,9,11,16,19H,5,8,10,12-14H2,1H3,(H,20,21,24)/t16-/m1/s1. The normalized spacial score (nSPS) is 17.3. The summed E-state index contributed by atoms with van der Waals surface area (Å²) in [5.74, 6) is 0.569. The molecular formula is C18H25N5O2. The molecule has 1 aromatic carbocycles. The van der Waals surface area contributed by atoms with Gasteiger partial charge in [-0.15, -0.1) is 0 Å². The van der Waals surface area contributed by atoms with Gasteiger partial charge in [-0.2, -0.15) is 5.10 Å². The van der Waals surface area contributed by atoms with E-state index in [1.54, 1.807) is 17.9 Å². The van der Waals surface area contributed by atoms with Crippen molar-refractivity contribution in [2.75, 3.05) is 37.4 Å². The van der Waals surface area contributed by atoms with Gasteiger partial charge in [-0.05, 0) is 25.0 Å². The van der Waals surface area contributed by atoms with E-state index < -0.39 is 0 Å². The van der Waals surface area contributed by atoms with E-state index in [-0.39, 0.29) is 12.1 Å². The van der Waals surface area contributed by atoms with Gasteiger partial charge in [-0.1, -0.05) is 18.2 Å². The topological polar surface area (TPSA) is 71.4 Å². The summed E-state index contributed by atoms with van der Waals surface area (Å²) in [6.07, 6.45) is 3.88. The number of para-hydroxylation sites is 1. The van der Waals surface area contributed by atoms with E-state index in [4.69, 9.17) is 4.74 Å². The highest BCUT2D eigenvalue weighted by Gasteiger charge is 2.24. The lowest BCUT2D eigenvalue weighted by Gasteiger charge is -2.33. The summed E-state index contributed by atoms with van der Waals surface area (Å²) < 4.78 is 6.79. The van der Waals surface area contributed by atoms with Crippen LogP contribution in [-0.2, 0) is 11.3 Å². The fraction of sp³-hybridized carbons (Fsp3) is 0.444. The number of amides is 2. The molecule has 0 bridgehead atoms. The van der Waals surface area contributed by atoms with Gasteiger partial charge in [0.25, 0.3) is 0 Å². The van der Waals surface area contributed by atoms with Crippen molar-refractivity contribution in [2.24, 2.45) is 0 Å². The Morgan fingerprint density at radius 2 is 2.16 bits per heavy atom. The van der Waals surface area contributed by atoms with Crippen molar-refractivity contribution in [3.63, 3.8) is 0 Å². The lowest BCUT2D eigenvalue weighted by Crippen LogP contribution is -2.46. The van der Waals surface area contributed by atoms with E-state index in [0.29, 0.717) is 25.5 Å². The summed E-state index contributed by atoms with van der Waals surface area (Å²) in [4.78, 5) is 14.3. The van der Waals surface area contributed by atoms with Crippen molar-refractivity contribution in [3.05, 3.63) is 42.6 Å². The molecule has 0 radical (unpaired) electrons. The molecule has 1 fully saturated rings. The molecule has 2 N–H and O–H groups in total. The van der Waals surface area contributed by atoms with E-state index in [2.05, 4.69) is 15.7 Å². The van der Waals surface area contributed by atoms with Gasteiger partial charge in [-0.3, -0.25) is 10.00 Å². The maximum Gasteiger partial charge on any atom is 0.323 e. The first-order valence-electron chi connectivity index (χ1n) is 8.64. The van der Waals surface area contributed by atoms with Crippen LogP contribution in [0.2, 0.25) is 0 Å². The summed E-state index contributed by atoms with van der Waals surface area (Å²) in [6, 6.07) is 12.1. The van der Waals surface area contributed by atoms with E-state index in [1.807, 2.05) is 41.4 Å². The number of urea groups is 1. The predicted molar refractivity (Wildman–Crippen MR) is 97.8 cm³/mol. The van der Waals surface area contributed by atoms with Crippen LogP contribution in [0.15, 0.2) is 42.6 Å². The summed E-state index contributed by atoms with van der Waals surface area (Å²) in [6.45, 7) is 2.71. The van der Waals surface area contributed by atoms with Gasteiger partial charge in [-0.25, -0.2) is 4.79 Å². The molecule has 1 aliphatic rings. The third-order valence-electron chi connectivity index (χ3n) is 4.25. The van der Waals surface area contributed by atoms with Gasteiger partial charge in [0.2, 0.25) is 0 Å². The third-order valence-corrected chi connectivity index (χ3v) is 4.25. The van der Waals surface area contributed by atoms with Crippen LogP contribution in [0.3, 0.4) is 0 Å². The zero-order valence-electron chi connectivity index (χ0n) is 14.5. The first kappa shape index (κ1) is 17.3. The van der Waals surface area contributed by atoms with Crippen molar-refractivity contribution in [1.82, 2.24) is 14.7 Å². The van der Waals surface area contributed by atoms with Gasteiger partial charge < -0.3 is 15.0 Å². The van der Waals surface area contributed by atoms with Crippen LogP contribution in [0, 0.1) is 0 Å². The fourth-order valence-electron chi connectivity index (χ4n) is 2.98. The number of likely N-dealkylation sites (tertiary alicyclic amines) is 1. The zero-order chi connectivity index (χ0) is 17.5. The Morgan fingerprint density at radius 3 is 2.96 bits per heavy atom. The minimum absolute atomic E-state index is 0.100. The third kappa shape index (κ3) is 4.96. The minimum Gasteiger partial charge on any atom is -0.383 e. The Balaban J connectivity index is 1.52. The summed E-state index contributed by atoms with van der Waals surface area (Å²) in [7, 11) is 1.66. The molecule has 0 aliphatic carbocycles. The van der Waals surface area contributed by atoms with Crippen molar-refractivity contribution in [3.8, 4) is 0 Å². The number of rotatable bonds is 6. The maximum atomic E-state index is 12.5. The van der Waals surface area contributed by atoms with Crippen molar-refractivity contribution < 1.29 is 9.53 Å². The number of nitrogens with one attached hydrogen (secondary N) is 2. The zero-order valence-corrected chi connectivity index (χ0v) is 14.5. The predicted octanol–water partition coefficient (Wildman–Crippen LogP) is 2.64. The molecule has 0 spiro atoms. The Labute approximate surface area is 148 Å². The first-order valence-corrected chi connectivity index (χ1v) is 8.64. The lowest BCUT2D eigenvalue weighted by molar-refractivity contribution is 0.183. The minimum atomic E-state index is -0.100. The molecule has 1 saturated heterocycles. The van der Waals surface area contributed by atoms with Gasteiger partial charge in [0.15, 0.2) is 5.82 Å². The summed E-state index contributed by atoms with van der Waals surface area (Å²) in [5, 5.41) is 10.7. The van der Waals surface area contributed by atoms with E-state index in [0.717, 1.165) is 25.1 Å². The molecule has 7 nitrogen and oxygen atoms in total. The van der Waals surface area contributed by atoms with Gasteiger partial charge >= 0.3 is 6.03 Å². The van der Waals surface area contributed by atoms with E-state index in [9.17, 15) is 4.79 Å². The van der Waals surface area contributed by atoms with E-state index >= 15 is 0 Å². The number of carbonyl (C=O) groups is 1. The molecule has 0 saturated carbocycles. The number of carbonyl (C=O) groups excluding carboxylic acids is 1. The number of methoxy groups -OCH3 is 1. The highest BCUT2D eigenvalue weighted by atomic mass is 16.5. The summed E-state index contributed by atoms with van der Waals surface area (Å²) >= 11 is 0. The van der Waals surface area contributed by atoms with Crippen molar-refractivity contribution >= 4 is 17.5 Å². The second-order valence-electron chi connectivity index (χ2n) is 6.18. The number of ether oxygens (including phenoxy) is 1. The molecule has 1 aromatic heterocycles. The van der Waals surface area contributed by atoms with Gasteiger partial charge in [0, 0.05) is 44.2 Å². The molecule has 3 rings (SSSR count). The number of hydrogen-bond donors (Lipinski definition) is 2. The molecule has 2 aromatic rings. The van der Waals surface area contributed by atoms with Crippen LogP contribution in [0.1, 0.15) is 12.8 Å². The Morgan fingerprint density at radius 1 is 1.32 bits per heavy atom. The first-order chi connectivity index (χ1) is 12.2. The molecular weight excluding hydrogens is 318 g/mol. The largest absolute Gasteiger partial charge is 0.383 e. The van der Waals surface area contributed by atoms with Crippen LogP contribution >= 0.6 is 0 Å². The lowest BCUT2D eigenvalue weighted by atomic mass is 10.1. The molecule has 7 heteroatoms. The van der Waals surface area contributed by atoms with Crippen LogP contribution in [0.25, 0.3) is 0 Å². The molecule has 1 atom stereocenters. The van der Waals surface area contributed by atoms with Crippen LogP contribution in [0.5, 0.6) is 0 Å². The quantitative estimate of drug-likeness (QED) is 0.846. The molecule has 25 heavy (non-hydrogen) atoms. The average Bonchev–Trinajstić information content (AvgIpc) is 3.08. The maximum absolute atomic E-state index is 12.5. The highest BCUT2D eigenvalue weighted by molar-refractivity contribution is 5.88. The van der Waals surface area contributed by atoms with Crippen LogP contribution in [0.4, 0.5) is 16.3 Å². The second kappa shape index (κ2) is 8.53. The summed E-state index contributed by atoms with van der Waals surface area (Å²) in [5.41, 5.74) is 1.09. The smallest absolute Gasteiger partial charge is 0.323 e. The molecule has 1 aliphatic heterocycles.